The zero-order valence-electron chi connectivity index (χ0n) is 12.7. The number of likely N-dealkylation sites (tertiary alicyclic amines) is 1. The lowest BCUT2D eigenvalue weighted by molar-refractivity contribution is -0.00236. The fourth-order valence-electron chi connectivity index (χ4n) is 3.04. The smallest absolute Gasteiger partial charge is 0.410 e. The summed E-state index contributed by atoms with van der Waals surface area (Å²) < 4.78 is 5.41. The summed E-state index contributed by atoms with van der Waals surface area (Å²) in [5.74, 6) is 0. The van der Waals surface area contributed by atoms with Gasteiger partial charge < -0.3 is 9.64 Å². The van der Waals surface area contributed by atoms with Gasteiger partial charge in [-0.1, -0.05) is 0 Å². The van der Waals surface area contributed by atoms with Gasteiger partial charge >= 0.3 is 6.09 Å². The third-order valence-corrected chi connectivity index (χ3v) is 4.39. The topological polar surface area (TPSA) is 62.2 Å². The predicted octanol–water partition coefficient (Wildman–Crippen LogP) is 2.78. The zero-order valence-corrected chi connectivity index (χ0v) is 12.7. The summed E-state index contributed by atoms with van der Waals surface area (Å²) in [6.07, 6.45) is 3.79. The Balaban J connectivity index is 1.83. The summed E-state index contributed by atoms with van der Waals surface area (Å²) in [6.45, 7) is 8.66. The molecule has 2 rings (SSSR count). The summed E-state index contributed by atoms with van der Waals surface area (Å²) in [5.41, 5.74) is -0.146. The van der Waals surface area contributed by atoms with Crippen LogP contribution in [0.2, 0.25) is 0 Å². The standard InChI is InChI=1S/C14H25N3O3/c1-13(2,3)20-12(18)16-8-4-14(5-9-16)6-10-17(15-19)11-7-14/h4-11H2,1-3H3. The van der Waals surface area contributed by atoms with Crippen LogP contribution < -0.4 is 0 Å². The number of piperidine rings is 2. The van der Waals surface area contributed by atoms with Crippen LogP contribution in [-0.4, -0.2) is 47.8 Å². The molecule has 20 heavy (non-hydrogen) atoms. The lowest BCUT2D eigenvalue weighted by Crippen LogP contribution is -2.48. The molecule has 0 bridgehead atoms. The largest absolute Gasteiger partial charge is 0.444 e. The molecule has 6 heteroatoms. The van der Waals surface area contributed by atoms with Crippen LogP contribution in [0.5, 0.6) is 0 Å². The van der Waals surface area contributed by atoms with Crippen molar-refractivity contribution in [2.45, 2.75) is 52.1 Å². The fourth-order valence-corrected chi connectivity index (χ4v) is 3.04. The molecule has 2 aliphatic rings. The van der Waals surface area contributed by atoms with Crippen LogP contribution in [0.4, 0.5) is 4.79 Å². The second-order valence-electron chi connectivity index (χ2n) is 7.00. The van der Waals surface area contributed by atoms with Gasteiger partial charge in [0.25, 0.3) is 0 Å². The number of amides is 1. The van der Waals surface area contributed by atoms with E-state index in [0.29, 0.717) is 5.41 Å². The van der Waals surface area contributed by atoms with E-state index in [9.17, 15) is 9.70 Å². The zero-order chi connectivity index (χ0) is 14.8. The molecule has 0 radical (unpaired) electrons. The van der Waals surface area contributed by atoms with Gasteiger partial charge in [-0.15, -0.1) is 4.91 Å². The van der Waals surface area contributed by atoms with Crippen LogP contribution in [0, 0.1) is 10.3 Å². The summed E-state index contributed by atoms with van der Waals surface area (Å²) in [6, 6.07) is 0. The lowest BCUT2D eigenvalue weighted by Gasteiger charge is -2.45. The lowest BCUT2D eigenvalue weighted by atomic mass is 9.71. The normalized spacial score (nSPS) is 22.8. The van der Waals surface area contributed by atoms with Crippen molar-refractivity contribution < 1.29 is 9.53 Å². The molecule has 0 N–H and O–H groups in total. The Morgan fingerprint density at radius 2 is 1.55 bits per heavy atom. The molecule has 0 aromatic rings. The first kappa shape index (κ1) is 15.1. The maximum Gasteiger partial charge on any atom is 0.410 e. The van der Waals surface area contributed by atoms with Gasteiger partial charge in [-0.2, -0.15) is 0 Å². The van der Waals surface area contributed by atoms with Crippen LogP contribution in [0.3, 0.4) is 0 Å². The molecule has 0 aromatic carbocycles. The highest BCUT2D eigenvalue weighted by Gasteiger charge is 2.39. The Kier molecular flexibility index (Phi) is 4.20. The molecule has 0 unspecified atom stereocenters. The maximum absolute atomic E-state index is 12.0. The third kappa shape index (κ3) is 3.61. The molecule has 0 aliphatic carbocycles. The number of rotatable bonds is 1. The monoisotopic (exact) mass is 283 g/mol. The minimum Gasteiger partial charge on any atom is -0.444 e. The second-order valence-corrected chi connectivity index (χ2v) is 7.00. The molecule has 2 heterocycles. The van der Waals surface area contributed by atoms with Gasteiger partial charge in [0, 0.05) is 26.2 Å². The molecule has 2 aliphatic heterocycles. The fraction of sp³-hybridized carbons (Fsp3) is 0.929. The first-order valence-corrected chi connectivity index (χ1v) is 7.40. The van der Waals surface area contributed by atoms with Crippen molar-refractivity contribution >= 4 is 6.09 Å². The SMILES string of the molecule is CC(C)(C)OC(=O)N1CCC2(CCN(N=O)CC2)CC1. The van der Waals surface area contributed by atoms with E-state index in [0.717, 1.165) is 51.9 Å². The van der Waals surface area contributed by atoms with Gasteiger partial charge in [-0.3, -0.25) is 5.01 Å². The number of hydrogen-bond acceptors (Lipinski definition) is 4. The van der Waals surface area contributed by atoms with Gasteiger partial charge in [-0.05, 0) is 51.9 Å². The first-order valence-electron chi connectivity index (χ1n) is 7.40. The van der Waals surface area contributed by atoms with Crippen molar-refractivity contribution in [1.29, 1.82) is 0 Å². The van der Waals surface area contributed by atoms with E-state index in [1.54, 1.807) is 9.91 Å². The van der Waals surface area contributed by atoms with Gasteiger partial charge in [0.2, 0.25) is 0 Å². The molecule has 2 saturated heterocycles. The van der Waals surface area contributed by atoms with Gasteiger partial charge in [0.15, 0.2) is 0 Å². The molecular formula is C14H25N3O3. The summed E-state index contributed by atoms with van der Waals surface area (Å²) in [5, 5.41) is 4.61. The number of carbonyl (C=O) groups is 1. The Hall–Kier alpha value is -1.33. The van der Waals surface area contributed by atoms with Gasteiger partial charge in [0.05, 0.1) is 5.29 Å². The van der Waals surface area contributed by atoms with Crippen molar-refractivity contribution in [1.82, 2.24) is 9.91 Å². The average molecular weight is 283 g/mol. The van der Waals surface area contributed by atoms with E-state index in [-0.39, 0.29) is 6.09 Å². The van der Waals surface area contributed by atoms with Crippen LogP contribution in [0.15, 0.2) is 5.29 Å². The predicted molar refractivity (Wildman–Crippen MR) is 76.1 cm³/mol. The van der Waals surface area contributed by atoms with E-state index in [1.807, 2.05) is 20.8 Å². The molecule has 0 aromatic heterocycles. The molecule has 2 fully saturated rings. The Morgan fingerprint density at radius 3 is 2.00 bits per heavy atom. The van der Waals surface area contributed by atoms with E-state index in [2.05, 4.69) is 5.29 Å². The quantitative estimate of drug-likeness (QED) is 0.694. The van der Waals surface area contributed by atoms with E-state index < -0.39 is 5.60 Å². The molecule has 0 saturated carbocycles. The van der Waals surface area contributed by atoms with Crippen LogP contribution in [-0.2, 0) is 4.74 Å². The van der Waals surface area contributed by atoms with Crippen LogP contribution in [0.25, 0.3) is 0 Å². The molecule has 114 valence electrons. The molecule has 1 spiro atoms. The minimum atomic E-state index is -0.437. The second kappa shape index (κ2) is 5.58. The van der Waals surface area contributed by atoms with Crippen molar-refractivity contribution in [3.8, 4) is 0 Å². The third-order valence-electron chi connectivity index (χ3n) is 4.39. The summed E-state index contributed by atoms with van der Waals surface area (Å²) in [7, 11) is 0. The van der Waals surface area contributed by atoms with Crippen LogP contribution >= 0.6 is 0 Å². The van der Waals surface area contributed by atoms with Crippen molar-refractivity contribution in [2.75, 3.05) is 26.2 Å². The highest BCUT2D eigenvalue weighted by molar-refractivity contribution is 5.68. The van der Waals surface area contributed by atoms with Crippen molar-refractivity contribution in [3.63, 3.8) is 0 Å². The maximum atomic E-state index is 12.0. The number of hydrogen-bond donors (Lipinski definition) is 0. The number of nitrogens with zero attached hydrogens (tertiary/aromatic N) is 3. The summed E-state index contributed by atoms with van der Waals surface area (Å²) in [4.78, 5) is 24.3. The van der Waals surface area contributed by atoms with Crippen molar-refractivity contribution in [2.24, 2.45) is 10.7 Å². The van der Waals surface area contributed by atoms with E-state index >= 15 is 0 Å². The minimum absolute atomic E-state index is 0.209. The number of nitroso groups, excluding NO2 is 1. The number of ether oxygens (including phenoxy) is 1. The van der Waals surface area contributed by atoms with E-state index in [4.69, 9.17) is 4.74 Å². The molecular weight excluding hydrogens is 258 g/mol. The Morgan fingerprint density at radius 1 is 1.05 bits per heavy atom. The average Bonchev–Trinajstić information content (AvgIpc) is 2.38. The molecule has 6 nitrogen and oxygen atoms in total. The highest BCUT2D eigenvalue weighted by Crippen LogP contribution is 2.41. The van der Waals surface area contributed by atoms with Crippen LogP contribution in [0.1, 0.15) is 46.5 Å². The van der Waals surface area contributed by atoms with E-state index in [1.165, 1.54) is 0 Å². The first-order chi connectivity index (χ1) is 9.34. The summed E-state index contributed by atoms with van der Waals surface area (Å²) >= 11 is 0. The van der Waals surface area contributed by atoms with Crippen molar-refractivity contribution in [3.05, 3.63) is 4.91 Å². The number of carbonyl (C=O) groups excluding carboxylic acids is 1. The van der Waals surface area contributed by atoms with Gasteiger partial charge in [0.1, 0.15) is 5.60 Å². The Bertz CT molecular complexity index is 360. The highest BCUT2D eigenvalue weighted by atomic mass is 16.6. The Labute approximate surface area is 120 Å². The molecule has 0 atom stereocenters. The molecule has 1 amide bonds. The van der Waals surface area contributed by atoms with Gasteiger partial charge in [-0.25, -0.2) is 4.79 Å².